The maximum Gasteiger partial charge on any atom is 0.254 e. The van der Waals surface area contributed by atoms with Gasteiger partial charge in [0.25, 0.3) is 5.91 Å². The van der Waals surface area contributed by atoms with Gasteiger partial charge in [0.15, 0.2) is 0 Å². The molecule has 0 fully saturated rings. The lowest BCUT2D eigenvalue weighted by Gasteiger charge is -2.26. The lowest BCUT2D eigenvalue weighted by molar-refractivity contribution is 0.0772. The quantitative estimate of drug-likeness (QED) is 0.947. The van der Waals surface area contributed by atoms with E-state index in [9.17, 15) is 9.59 Å². The van der Waals surface area contributed by atoms with Gasteiger partial charge in [-0.15, -0.1) is 0 Å². The van der Waals surface area contributed by atoms with Gasteiger partial charge < -0.3 is 10.6 Å². The number of hydrogen-bond acceptors (Lipinski definition) is 2. The van der Waals surface area contributed by atoms with Gasteiger partial charge in [0.2, 0.25) is 5.91 Å². The fourth-order valence-electron chi connectivity index (χ4n) is 2.73. The standard InChI is InChI=1S/C19H18N2O2/c20-18(22)16-6-8-17(9-7-16)19(23)21-12-10-15(11-13-21)14-4-2-1-3-5-14/h1-10H,11-13H2,(H2,20,22). The molecule has 0 radical (unpaired) electrons. The van der Waals surface area contributed by atoms with Crippen LogP contribution in [0.4, 0.5) is 0 Å². The maximum absolute atomic E-state index is 12.5. The largest absolute Gasteiger partial charge is 0.366 e. The molecule has 0 bridgehead atoms. The molecule has 0 aromatic heterocycles. The van der Waals surface area contributed by atoms with Crippen LogP contribution in [0, 0.1) is 0 Å². The molecule has 0 aliphatic carbocycles. The second kappa shape index (κ2) is 6.48. The molecule has 116 valence electrons. The van der Waals surface area contributed by atoms with Crippen LogP contribution in [-0.2, 0) is 0 Å². The maximum atomic E-state index is 12.5. The average Bonchev–Trinajstić information content (AvgIpc) is 2.62. The molecule has 4 heteroatoms. The van der Waals surface area contributed by atoms with E-state index in [-0.39, 0.29) is 5.91 Å². The smallest absolute Gasteiger partial charge is 0.254 e. The highest BCUT2D eigenvalue weighted by Crippen LogP contribution is 2.23. The SMILES string of the molecule is NC(=O)c1ccc(C(=O)N2CC=C(c3ccccc3)CC2)cc1. The van der Waals surface area contributed by atoms with E-state index < -0.39 is 5.91 Å². The van der Waals surface area contributed by atoms with Crippen molar-refractivity contribution in [2.45, 2.75) is 6.42 Å². The average molecular weight is 306 g/mol. The highest BCUT2D eigenvalue weighted by Gasteiger charge is 2.19. The van der Waals surface area contributed by atoms with E-state index in [0.717, 1.165) is 6.42 Å². The van der Waals surface area contributed by atoms with Crippen LogP contribution in [-0.4, -0.2) is 29.8 Å². The number of carbonyl (C=O) groups excluding carboxylic acids is 2. The molecule has 2 N–H and O–H groups in total. The Hall–Kier alpha value is -2.88. The molecule has 2 aromatic rings. The summed E-state index contributed by atoms with van der Waals surface area (Å²) in [6.07, 6.45) is 2.95. The molecule has 0 saturated carbocycles. The molecule has 1 heterocycles. The van der Waals surface area contributed by atoms with Gasteiger partial charge in [0, 0.05) is 24.2 Å². The summed E-state index contributed by atoms with van der Waals surface area (Å²) < 4.78 is 0. The highest BCUT2D eigenvalue weighted by atomic mass is 16.2. The summed E-state index contributed by atoms with van der Waals surface area (Å²) in [5, 5.41) is 0. The third kappa shape index (κ3) is 3.31. The van der Waals surface area contributed by atoms with E-state index in [1.807, 2.05) is 23.1 Å². The van der Waals surface area contributed by atoms with Crippen LogP contribution in [0.1, 0.15) is 32.7 Å². The van der Waals surface area contributed by atoms with Crippen molar-refractivity contribution >= 4 is 17.4 Å². The number of benzene rings is 2. The van der Waals surface area contributed by atoms with Gasteiger partial charge in [0.1, 0.15) is 0 Å². The molecular formula is C19H18N2O2. The Morgan fingerprint density at radius 3 is 2.13 bits per heavy atom. The Labute approximate surface area is 135 Å². The first-order valence-electron chi connectivity index (χ1n) is 7.59. The normalized spacial score (nSPS) is 14.3. The molecule has 1 aliphatic heterocycles. The van der Waals surface area contributed by atoms with E-state index in [1.165, 1.54) is 11.1 Å². The fourth-order valence-corrected chi connectivity index (χ4v) is 2.73. The molecule has 3 rings (SSSR count). The Kier molecular flexibility index (Phi) is 4.24. The predicted molar refractivity (Wildman–Crippen MR) is 89.9 cm³/mol. The van der Waals surface area contributed by atoms with Crippen molar-refractivity contribution < 1.29 is 9.59 Å². The molecular weight excluding hydrogens is 288 g/mol. The van der Waals surface area contributed by atoms with E-state index >= 15 is 0 Å². The monoisotopic (exact) mass is 306 g/mol. The zero-order chi connectivity index (χ0) is 16.2. The summed E-state index contributed by atoms with van der Waals surface area (Å²) in [4.78, 5) is 25.4. The Morgan fingerprint density at radius 1 is 0.913 bits per heavy atom. The van der Waals surface area contributed by atoms with Crippen molar-refractivity contribution in [3.63, 3.8) is 0 Å². The lowest BCUT2D eigenvalue weighted by atomic mass is 9.99. The minimum absolute atomic E-state index is 0.0237. The minimum atomic E-state index is -0.489. The van der Waals surface area contributed by atoms with Crippen LogP contribution in [0.5, 0.6) is 0 Å². The fraction of sp³-hybridized carbons (Fsp3) is 0.158. The second-order valence-electron chi connectivity index (χ2n) is 5.54. The van der Waals surface area contributed by atoms with Gasteiger partial charge in [-0.3, -0.25) is 9.59 Å². The lowest BCUT2D eigenvalue weighted by Crippen LogP contribution is -2.34. The number of hydrogen-bond donors (Lipinski definition) is 1. The van der Waals surface area contributed by atoms with Gasteiger partial charge in [-0.25, -0.2) is 0 Å². The Bertz CT molecular complexity index is 749. The second-order valence-corrected chi connectivity index (χ2v) is 5.54. The summed E-state index contributed by atoms with van der Waals surface area (Å²) >= 11 is 0. The molecule has 2 amide bonds. The first kappa shape index (κ1) is 15.0. The number of nitrogens with zero attached hydrogens (tertiary/aromatic N) is 1. The first-order valence-corrected chi connectivity index (χ1v) is 7.59. The molecule has 0 unspecified atom stereocenters. The van der Waals surface area contributed by atoms with Crippen LogP contribution in [0.3, 0.4) is 0 Å². The van der Waals surface area contributed by atoms with Crippen LogP contribution in [0.2, 0.25) is 0 Å². The van der Waals surface area contributed by atoms with E-state index in [4.69, 9.17) is 5.73 Å². The highest BCUT2D eigenvalue weighted by molar-refractivity contribution is 5.97. The topological polar surface area (TPSA) is 63.4 Å². The van der Waals surface area contributed by atoms with Crippen LogP contribution in [0.25, 0.3) is 5.57 Å². The van der Waals surface area contributed by atoms with Crippen molar-refractivity contribution in [1.82, 2.24) is 4.90 Å². The summed E-state index contributed by atoms with van der Waals surface area (Å²) in [6.45, 7) is 1.29. The van der Waals surface area contributed by atoms with Crippen molar-refractivity contribution in [3.8, 4) is 0 Å². The zero-order valence-electron chi connectivity index (χ0n) is 12.7. The molecule has 0 spiro atoms. The van der Waals surface area contributed by atoms with E-state index in [1.54, 1.807) is 24.3 Å². The van der Waals surface area contributed by atoms with Crippen LogP contribution >= 0.6 is 0 Å². The van der Waals surface area contributed by atoms with Crippen LogP contribution < -0.4 is 5.73 Å². The number of primary amides is 1. The number of nitrogens with two attached hydrogens (primary N) is 1. The molecule has 0 atom stereocenters. The molecule has 0 saturated heterocycles. The van der Waals surface area contributed by atoms with Crippen molar-refractivity contribution in [3.05, 3.63) is 77.4 Å². The third-order valence-corrected chi connectivity index (χ3v) is 4.06. The summed E-state index contributed by atoms with van der Waals surface area (Å²) in [5.41, 5.74) is 8.69. The molecule has 23 heavy (non-hydrogen) atoms. The first-order chi connectivity index (χ1) is 11.1. The zero-order valence-corrected chi connectivity index (χ0v) is 12.7. The van der Waals surface area contributed by atoms with Gasteiger partial charge in [-0.1, -0.05) is 36.4 Å². The van der Waals surface area contributed by atoms with E-state index in [0.29, 0.717) is 24.2 Å². The van der Waals surface area contributed by atoms with Gasteiger partial charge in [-0.05, 0) is 41.8 Å². The van der Waals surface area contributed by atoms with Gasteiger partial charge in [-0.2, -0.15) is 0 Å². The van der Waals surface area contributed by atoms with Crippen molar-refractivity contribution in [2.75, 3.05) is 13.1 Å². The molecule has 1 aliphatic rings. The number of rotatable bonds is 3. The Morgan fingerprint density at radius 2 is 1.57 bits per heavy atom. The van der Waals surface area contributed by atoms with Crippen LogP contribution in [0.15, 0.2) is 60.7 Å². The van der Waals surface area contributed by atoms with E-state index in [2.05, 4.69) is 18.2 Å². The summed E-state index contributed by atoms with van der Waals surface area (Å²) in [6, 6.07) is 16.7. The number of carbonyl (C=O) groups is 2. The summed E-state index contributed by atoms with van der Waals surface area (Å²) in [5.74, 6) is -0.512. The summed E-state index contributed by atoms with van der Waals surface area (Å²) in [7, 11) is 0. The molecule has 2 aromatic carbocycles. The minimum Gasteiger partial charge on any atom is -0.366 e. The van der Waals surface area contributed by atoms with Crippen molar-refractivity contribution in [1.29, 1.82) is 0 Å². The van der Waals surface area contributed by atoms with Crippen molar-refractivity contribution in [2.24, 2.45) is 5.73 Å². The predicted octanol–water partition coefficient (Wildman–Crippen LogP) is 2.72. The van der Waals surface area contributed by atoms with Gasteiger partial charge in [0.05, 0.1) is 0 Å². The molecule has 4 nitrogen and oxygen atoms in total. The van der Waals surface area contributed by atoms with Gasteiger partial charge >= 0.3 is 0 Å². The number of amides is 2. The third-order valence-electron chi connectivity index (χ3n) is 4.06. The Balaban J connectivity index is 1.70.